The van der Waals surface area contributed by atoms with Crippen LogP contribution in [0.3, 0.4) is 0 Å². The predicted molar refractivity (Wildman–Crippen MR) is 69.1 cm³/mol. The number of likely N-dealkylation sites (N-methyl/N-ethyl adjacent to an activating group) is 1. The lowest BCUT2D eigenvalue weighted by Crippen LogP contribution is -2.42. The molecule has 0 saturated carbocycles. The van der Waals surface area contributed by atoms with Gasteiger partial charge < -0.3 is 10.3 Å². The van der Waals surface area contributed by atoms with Gasteiger partial charge in [0.1, 0.15) is 5.69 Å². The molecule has 0 fully saturated rings. The van der Waals surface area contributed by atoms with Gasteiger partial charge in [0.2, 0.25) is 5.91 Å². The number of nitrogens with one attached hydrogen (secondary N) is 1. The zero-order valence-electron chi connectivity index (χ0n) is 10.8. The molecule has 1 aromatic heterocycles. The Labute approximate surface area is 107 Å². The van der Waals surface area contributed by atoms with E-state index in [1.54, 1.807) is 29.9 Å². The summed E-state index contributed by atoms with van der Waals surface area (Å²) in [5.41, 5.74) is 5.90. The minimum absolute atomic E-state index is 0.184. The third kappa shape index (κ3) is 3.97. The zero-order valence-corrected chi connectivity index (χ0v) is 10.8. The fourth-order valence-corrected chi connectivity index (χ4v) is 1.66. The van der Waals surface area contributed by atoms with Crippen LogP contribution in [-0.4, -0.2) is 47.5 Å². The Balaban J connectivity index is 2.50. The highest BCUT2D eigenvalue weighted by atomic mass is 16.2. The second-order valence-corrected chi connectivity index (χ2v) is 4.04. The van der Waals surface area contributed by atoms with Crippen LogP contribution in [0, 0.1) is 0 Å². The molecular weight excluding hydrogens is 232 g/mol. The van der Waals surface area contributed by atoms with Gasteiger partial charge in [0.25, 0.3) is 5.91 Å². The number of carbonyl (C=O) groups is 2. The maximum Gasteiger partial charge on any atom is 0.274 e. The highest BCUT2D eigenvalue weighted by Crippen LogP contribution is 1.99. The lowest BCUT2D eigenvalue weighted by atomic mass is 10.3. The number of aromatic nitrogens is 1. The molecule has 2 amide bonds. The van der Waals surface area contributed by atoms with Gasteiger partial charge in [-0.2, -0.15) is 0 Å². The molecule has 0 saturated heterocycles. The summed E-state index contributed by atoms with van der Waals surface area (Å²) in [7, 11) is 1.76. The first-order valence-corrected chi connectivity index (χ1v) is 5.96. The normalized spacial score (nSPS) is 10.7. The number of hydrogen-bond donors (Lipinski definition) is 2. The minimum Gasteiger partial charge on any atom is -0.347 e. The SMILES string of the molecule is CCN(CCN)CC(=O)NC(=O)c1cccn1C. The van der Waals surface area contributed by atoms with E-state index < -0.39 is 0 Å². The average Bonchev–Trinajstić information content (AvgIpc) is 2.74. The lowest BCUT2D eigenvalue weighted by molar-refractivity contribution is -0.121. The number of aryl methyl sites for hydroxylation is 1. The second-order valence-electron chi connectivity index (χ2n) is 4.04. The van der Waals surface area contributed by atoms with E-state index >= 15 is 0 Å². The van der Waals surface area contributed by atoms with Gasteiger partial charge in [0.05, 0.1) is 6.54 Å². The summed E-state index contributed by atoms with van der Waals surface area (Å²) in [5, 5.41) is 2.37. The predicted octanol–water partition coefficient (Wildman–Crippen LogP) is -0.438. The van der Waals surface area contributed by atoms with E-state index in [-0.39, 0.29) is 18.4 Å². The Kier molecular flexibility index (Phi) is 5.54. The van der Waals surface area contributed by atoms with E-state index in [2.05, 4.69) is 5.32 Å². The maximum absolute atomic E-state index is 11.8. The van der Waals surface area contributed by atoms with Crippen LogP contribution >= 0.6 is 0 Å². The smallest absolute Gasteiger partial charge is 0.274 e. The van der Waals surface area contributed by atoms with E-state index in [1.165, 1.54) is 0 Å². The van der Waals surface area contributed by atoms with E-state index in [9.17, 15) is 9.59 Å². The summed E-state index contributed by atoms with van der Waals surface area (Å²) in [5.74, 6) is -0.687. The summed E-state index contributed by atoms with van der Waals surface area (Å²) >= 11 is 0. The first kappa shape index (κ1) is 14.4. The number of nitrogens with zero attached hydrogens (tertiary/aromatic N) is 2. The molecule has 6 nitrogen and oxygen atoms in total. The Bertz CT molecular complexity index is 414. The fraction of sp³-hybridized carbons (Fsp3) is 0.500. The van der Waals surface area contributed by atoms with Gasteiger partial charge in [-0.05, 0) is 18.7 Å². The van der Waals surface area contributed by atoms with Crippen LogP contribution in [0.2, 0.25) is 0 Å². The van der Waals surface area contributed by atoms with E-state index in [0.29, 0.717) is 18.8 Å². The number of nitrogens with two attached hydrogens (primary N) is 1. The molecule has 0 spiro atoms. The highest BCUT2D eigenvalue weighted by Gasteiger charge is 2.14. The molecule has 0 atom stereocenters. The van der Waals surface area contributed by atoms with Crippen LogP contribution in [0.4, 0.5) is 0 Å². The van der Waals surface area contributed by atoms with Gasteiger partial charge in [-0.15, -0.1) is 0 Å². The van der Waals surface area contributed by atoms with E-state index in [4.69, 9.17) is 5.73 Å². The Hall–Kier alpha value is -1.66. The van der Waals surface area contributed by atoms with Crippen molar-refractivity contribution < 1.29 is 9.59 Å². The molecule has 1 rings (SSSR count). The topological polar surface area (TPSA) is 80.4 Å². The number of amides is 2. The highest BCUT2D eigenvalue weighted by molar-refractivity contribution is 6.04. The minimum atomic E-state index is -0.378. The Morgan fingerprint density at radius 3 is 2.72 bits per heavy atom. The van der Waals surface area contributed by atoms with Crippen molar-refractivity contribution in [2.24, 2.45) is 12.8 Å². The number of imide groups is 1. The molecule has 0 radical (unpaired) electrons. The molecule has 18 heavy (non-hydrogen) atoms. The van der Waals surface area contributed by atoms with Gasteiger partial charge in [-0.25, -0.2) is 0 Å². The molecule has 0 bridgehead atoms. The first-order chi connectivity index (χ1) is 8.58. The van der Waals surface area contributed by atoms with Crippen molar-refractivity contribution in [2.45, 2.75) is 6.92 Å². The third-order valence-electron chi connectivity index (χ3n) is 2.69. The molecule has 0 aromatic carbocycles. The van der Waals surface area contributed by atoms with Crippen LogP contribution in [0.25, 0.3) is 0 Å². The van der Waals surface area contributed by atoms with Gasteiger partial charge in [-0.3, -0.25) is 19.8 Å². The molecule has 6 heteroatoms. The molecule has 0 aliphatic rings. The monoisotopic (exact) mass is 252 g/mol. The van der Waals surface area contributed by atoms with Crippen molar-refractivity contribution in [2.75, 3.05) is 26.2 Å². The van der Waals surface area contributed by atoms with Crippen LogP contribution in [0.5, 0.6) is 0 Å². The molecular formula is C12H20N4O2. The Morgan fingerprint density at radius 2 is 2.22 bits per heavy atom. The number of carbonyl (C=O) groups excluding carboxylic acids is 2. The molecule has 0 aliphatic heterocycles. The van der Waals surface area contributed by atoms with Crippen molar-refractivity contribution in [1.82, 2.24) is 14.8 Å². The summed E-state index contributed by atoms with van der Waals surface area (Å²) in [6, 6.07) is 3.42. The summed E-state index contributed by atoms with van der Waals surface area (Å²) < 4.78 is 1.67. The van der Waals surface area contributed by atoms with Crippen LogP contribution < -0.4 is 11.1 Å². The van der Waals surface area contributed by atoms with Crippen molar-refractivity contribution in [3.8, 4) is 0 Å². The van der Waals surface area contributed by atoms with E-state index in [1.807, 2.05) is 11.8 Å². The molecule has 1 heterocycles. The van der Waals surface area contributed by atoms with Gasteiger partial charge in [-0.1, -0.05) is 6.92 Å². The molecule has 100 valence electrons. The Morgan fingerprint density at radius 1 is 1.50 bits per heavy atom. The molecule has 0 unspecified atom stereocenters. The van der Waals surface area contributed by atoms with Gasteiger partial charge >= 0.3 is 0 Å². The zero-order chi connectivity index (χ0) is 13.5. The van der Waals surface area contributed by atoms with Crippen molar-refractivity contribution in [3.05, 3.63) is 24.0 Å². The lowest BCUT2D eigenvalue weighted by Gasteiger charge is -2.18. The van der Waals surface area contributed by atoms with E-state index in [0.717, 1.165) is 6.54 Å². The first-order valence-electron chi connectivity index (χ1n) is 5.96. The average molecular weight is 252 g/mol. The van der Waals surface area contributed by atoms with Crippen LogP contribution in [0.1, 0.15) is 17.4 Å². The largest absolute Gasteiger partial charge is 0.347 e. The van der Waals surface area contributed by atoms with Crippen molar-refractivity contribution in [3.63, 3.8) is 0 Å². The van der Waals surface area contributed by atoms with Gasteiger partial charge in [0.15, 0.2) is 0 Å². The van der Waals surface area contributed by atoms with Crippen molar-refractivity contribution in [1.29, 1.82) is 0 Å². The van der Waals surface area contributed by atoms with Crippen LogP contribution in [0.15, 0.2) is 18.3 Å². The summed E-state index contributed by atoms with van der Waals surface area (Å²) in [6.45, 7) is 3.99. The van der Waals surface area contributed by atoms with Gasteiger partial charge in [0, 0.05) is 26.3 Å². The number of rotatable bonds is 6. The van der Waals surface area contributed by atoms with Crippen LogP contribution in [-0.2, 0) is 11.8 Å². The van der Waals surface area contributed by atoms with Crippen molar-refractivity contribution >= 4 is 11.8 Å². The second kappa shape index (κ2) is 6.93. The molecule has 0 aliphatic carbocycles. The summed E-state index contributed by atoms with van der Waals surface area (Å²) in [6.07, 6.45) is 1.76. The third-order valence-corrected chi connectivity index (χ3v) is 2.69. The number of hydrogen-bond acceptors (Lipinski definition) is 4. The fourth-order valence-electron chi connectivity index (χ4n) is 1.66. The standard InChI is InChI=1S/C12H20N4O2/c1-3-16(8-6-13)9-11(17)14-12(18)10-5-4-7-15(10)2/h4-5,7H,3,6,8-9,13H2,1-2H3,(H,14,17,18). The molecule has 1 aromatic rings. The quantitative estimate of drug-likeness (QED) is 0.719. The summed E-state index contributed by atoms with van der Waals surface area (Å²) in [4.78, 5) is 25.3. The molecule has 3 N–H and O–H groups in total. The maximum atomic E-state index is 11.8.